The SMILES string of the molecule is CC(C)[C@H](CO)Nc1nc(Nc2ccc(O)cc2Cl)cc(C2CC2)n1. The van der Waals surface area contributed by atoms with Gasteiger partial charge in [0, 0.05) is 18.1 Å². The van der Waals surface area contributed by atoms with Gasteiger partial charge in [0.25, 0.3) is 0 Å². The number of hydrogen-bond donors (Lipinski definition) is 4. The number of halogens is 1. The highest BCUT2D eigenvalue weighted by Gasteiger charge is 2.27. The van der Waals surface area contributed by atoms with Crippen LogP contribution in [0.5, 0.6) is 5.75 Å². The lowest BCUT2D eigenvalue weighted by molar-refractivity contribution is 0.248. The molecule has 4 N–H and O–H groups in total. The maximum Gasteiger partial charge on any atom is 0.225 e. The van der Waals surface area contributed by atoms with Crippen LogP contribution < -0.4 is 10.6 Å². The van der Waals surface area contributed by atoms with Crippen molar-refractivity contribution in [2.75, 3.05) is 17.2 Å². The topological polar surface area (TPSA) is 90.3 Å². The van der Waals surface area contributed by atoms with E-state index in [0.29, 0.717) is 28.4 Å². The average Bonchev–Trinajstić information content (AvgIpc) is 3.40. The van der Waals surface area contributed by atoms with Crippen LogP contribution in [0.15, 0.2) is 24.3 Å². The summed E-state index contributed by atoms with van der Waals surface area (Å²) in [5, 5.41) is 25.8. The van der Waals surface area contributed by atoms with Crippen LogP contribution in [-0.4, -0.2) is 32.8 Å². The molecule has 134 valence electrons. The minimum absolute atomic E-state index is 0.0151. The summed E-state index contributed by atoms with van der Waals surface area (Å²) in [4.78, 5) is 9.10. The summed E-state index contributed by atoms with van der Waals surface area (Å²) in [5.74, 6) is 1.95. The zero-order valence-corrected chi connectivity index (χ0v) is 15.1. The van der Waals surface area contributed by atoms with Crippen LogP contribution in [0.2, 0.25) is 5.02 Å². The van der Waals surface area contributed by atoms with Crippen molar-refractivity contribution < 1.29 is 10.2 Å². The Labute approximate surface area is 152 Å². The minimum atomic E-state index is -0.112. The molecule has 2 aromatic rings. The molecule has 1 aromatic heterocycles. The smallest absolute Gasteiger partial charge is 0.225 e. The summed E-state index contributed by atoms with van der Waals surface area (Å²) >= 11 is 6.17. The number of phenols is 1. The van der Waals surface area contributed by atoms with Gasteiger partial charge < -0.3 is 20.8 Å². The lowest BCUT2D eigenvalue weighted by Gasteiger charge is -2.20. The molecule has 3 rings (SSSR count). The van der Waals surface area contributed by atoms with Crippen molar-refractivity contribution in [2.24, 2.45) is 5.92 Å². The highest BCUT2D eigenvalue weighted by molar-refractivity contribution is 6.33. The molecular weight excluding hydrogens is 340 g/mol. The van der Waals surface area contributed by atoms with E-state index in [9.17, 15) is 10.2 Å². The second-order valence-corrected chi connectivity index (χ2v) is 7.15. The fourth-order valence-corrected chi connectivity index (χ4v) is 2.74. The number of aliphatic hydroxyl groups excluding tert-OH is 1. The molecule has 0 saturated heterocycles. The van der Waals surface area contributed by atoms with Crippen molar-refractivity contribution in [3.8, 4) is 5.75 Å². The Morgan fingerprint density at radius 2 is 2.00 bits per heavy atom. The first-order valence-electron chi connectivity index (χ1n) is 8.48. The molecule has 1 heterocycles. The summed E-state index contributed by atoms with van der Waals surface area (Å²) in [6.07, 6.45) is 2.26. The van der Waals surface area contributed by atoms with Crippen molar-refractivity contribution >= 4 is 29.1 Å². The van der Waals surface area contributed by atoms with Gasteiger partial charge in [-0.3, -0.25) is 0 Å². The van der Waals surface area contributed by atoms with Gasteiger partial charge in [0.15, 0.2) is 0 Å². The molecule has 0 amide bonds. The van der Waals surface area contributed by atoms with Crippen molar-refractivity contribution in [2.45, 2.75) is 38.6 Å². The molecule has 1 atom stereocenters. The number of aliphatic hydroxyl groups is 1. The largest absolute Gasteiger partial charge is 0.508 e. The third kappa shape index (κ3) is 4.52. The first-order chi connectivity index (χ1) is 12.0. The summed E-state index contributed by atoms with van der Waals surface area (Å²) in [7, 11) is 0. The van der Waals surface area contributed by atoms with E-state index in [-0.39, 0.29) is 24.3 Å². The normalized spacial score (nSPS) is 15.2. The van der Waals surface area contributed by atoms with Crippen LogP contribution in [0.25, 0.3) is 0 Å². The monoisotopic (exact) mass is 362 g/mol. The second-order valence-electron chi connectivity index (χ2n) is 6.74. The number of hydrogen-bond acceptors (Lipinski definition) is 6. The van der Waals surface area contributed by atoms with Crippen LogP contribution >= 0.6 is 11.6 Å². The summed E-state index contributed by atoms with van der Waals surface area (Å²) in [6.45, 7) is 4.09. The molecule has 0 bridgehead atoms. The summed E-state index contributed by atoms with van der Waals surface area (Å²) in [5.41, 5.74) is 1.64. The minimum Gasteiger partial charge on any atom is -0.508 e. The van der Waals surface area contributed by atoms with Gasteiger partial charge in [-0.05, 0) is 30.9 Å². The zero-order chi connectivity index (χ0) is 18.0. The Morgan fingerprint density at radius 3 is 2.60 bits per heavy atom. The number of benzene rings is 1. The summed E-state index contributed by atoms with van der Waals surface area (Å²) < 4.78 is 0. The van der Waals surface area contributed by atoms with E-state index in [1.807, 2.05) is 19.9 Å². The first kappa shape index (κ1) is 17.8. The van der Waals surface area contributed by atoms with Crippen LogP contribution in [0.3, 0.4) is 0 Å². The molecule has 1 aliphatic rings. The van der Waals surface area contributed by atoms with E-state index in [0.717, 1.165) is 18.5 Å². The number of aromatic hydroxyl groups is 1. The Hall–Kier alpha value is -2.05. The van der Waals surface area contributed by atoms with Gasteiger partial charge in [-0.2, -0.15) is 4.98 Å². The lowest BCUT2D eigenvalue weighted by Crippen LogP contribution is -2.30. The van der Waals surface area contributed by atoms with Crippen molar-refractivity contribution in [3.63, 3.8) is 0 Å². The Balaban J connectivity index is 1.87. The number of nitrogens with zero attached hydrogens (tertiary/aromatic N) is 2. The molecule has 6 nitrogen and oxygen atoms in total. The molecule has 7 heteroatoms. The van der Waals surface area contributed by atoms with Gasteiger partial charge in [-0.25, -0.2) is 4.98 Å². The second kappa shape index (κ2) is 7.45. The van der Waals surface area contributed by atoms with E-state index in [1.54, 1.807) is 12.1 Å². The molecule has 0 spiro atoms. The van der Waals surface area contributed by atoms with Gasteiger partial charge in [0.2, 0.25) is 5.95 Å². The molecule has 0 aliphatic heterocycles. The van der Waals surface area contributed by atoms with Gasteiger partial charge in [-0.1, -0.05) is 25.4 Å². The molecule has 0 unspecified atom stereocenters. The molecule has 1 aromatic carbocycles. The lowest BCUT2D eigenvalue weighted by atomic mass is 10.1. The first-order valence-corrected chi connectivity index (χ1v) is 8.86. The highest BCUT2D eigenvalue weighted by Crippen LogP contribution is 2.40. The van der Waals surface area contributed by atoms with Crippen LogP contribution in [0, 0.1) is 5.92 Å². The van der Waals surface area contributed by atoms with E-state index in [4.69, 9.17) is 11.6 Å². The summed E-state index contributed by atoms with van der Waals surface area (Å²) in [6, 6.07) is 6.56. The highest BCUT2D eigenvalue weighted by atomic mass is 35.5. The van der Waals surface area contributed by atoms with Crippen LogP contribution in [0.1, 0.15) is 38.3 Å². The van der Waals surface area contributed by atoms with Gasteiger partial charge >= 0.3 is 0 Å². The average molecular weight is 363 g/mol. The van der Waals surface area contributed by atoms with E-state index >= 15 is 0 Å². The van der Waals surface area contributed by atoms with Crippen molar-refractivity contribution in [1.29, 1.82) is 0 Å². The molecule has 25 heavy (non-hydrogen) atoms. The number of aromatic nitrogens is 2. The van der Waals surface area contributed by atoms with Crippen LogP contribution in [-0.2, 0) is 0 Å². The standard InChI is InChI=1S/C18H23ClN4O2/c1-10(2)16(9-24)22-18-21-15(11-3-4-11)8-17(23-18)20-14-6-5-12(25)7-13(14)19/h5-8,10-11,16,24-25H,3-4,9H2,1-2H3,(H2,20,21,22,23)/t16-/m0/s1. The van der Waals surface area contributed by atoms with Gasteiger partial charge in [0.1, 0.15) is 11.6 Å². The molecule has 1 aliphatic carbocycles. The molecule has 1 saturated carbocycles. The van der Waals surface area contributed by atoms with Gasteiger partial charge in [0.05, 0.1) is 29.1 Å². The fourth-order valence-electron chi connectivity index (χ4n) is 2.52. The molecule has 1 fully saturated rings. The number of rotatable bonds is 7. The van der Waals surface area contributed by atoms with Crippen molar-refractivity contribution in [1.82, 2.24) is 9.97 Å². The number of phenolic OH excluding ortho intramolecular Hbond substituents is 1. The Bertz CT molecular complexity index is 750. The molecule has 0 radical (unpaired) electrons. The third-order valence-electron chi connectivity index (χ3n) is 4.27. The maximum absolute atomic E-state index is 9.54. The number of nitrogens with one attached hydrogen (secondary N) is 2. The van der Waals surface area contributed by atoms with E-state index in [1.165, 1.54) is 6.07 Å². The Kier molecular flexibility index (Phi) is 5.30. The predicted molar refractivity (Wildman–Crippen MR) is 99.7 cm³/mol. The predicted octanol–water partition coefficient (Wildman–Crippen LogP) is 3.89. The van der Waals surface area contributed by atoms with Crippen molar-refractivity contribution in [3.05, 3.63) is 35.0 Å². The molecular formula is C18H23ClN4O2. The van der Waals surface area contributed by atoms with Crippen LogP contribution in [0.4, 0.5) is 17.5 Å². The third-order valence-corrected chi connectivity index (χ3v) is 4.59. The number of anilines is 3. The van der Waals surface area contributed by atoms with E-state index < -0.39 is 0 Å². The Morgan fingerprint density at radius 1 is 1.24 bits per heavy atom. The van der Waals surface area contributed by atoms with Gasteiger partial charge in [-0.15, -0.1) is 0 Å². The fraction of sp³-hybridized carbons (Fsp3) is 0.444. The quantitative estimate of drug-likeness (QED) is 0.559. The zero-order valence-electron chi connectivity index (χ0n) is 14.3. The maximum atomic E-state index is 9.54. The van der Waals surface area contributed by atoms with E-state index in [2.05, 4.69) is 20.6 Å².